The van der Waals surface area contributed by atoms with Crippen molar-refractivity contribution in [2.75, 3.05) is 0 Å². The van der Waals surface area contributed by atoms with E-state index in [-0.39, 0.29) is 0 Å². The molecule has 0 amide bonds. The monoisotopic (exact) mass is 1740 g/mol. The van der Waals surface area contributed by atoms with Crippen molar-refractivity contribution >= 4 is 184 Å². The second kappa shape index (κ2) is 32.3. The van der Waals surface area contributed by atoms with Crippen LogP contribution in [0.3, 0.4) is 0 Å². The fourth-order valence-electron chi connectivity index (χ4n) is 21.0. The first-order valence-electron chi connectivity index (χ1n) is 46.4. The van der Waals surface area contributed by atoms with Crippen molar-refractivity contribution < 1.29 is 13.3 Å². The third kappa shape index (κ3) is 13.7. The van der Waals surface area contributed by atoms with Crippen molar-refractivity contribution in [3.63, 3.8) is 0 Å². The van der Waals surface area contributed by atoms with Crippen molar-refractivity contribution in [3.05, 3.63) is 467 Å². The molecule has 0 aliphatic rings. The fourth-order valence-corrected chi connectivity index (χ4v) is 21.0. The van der Waals surface area contributed by atoms with Gasteiger partial charge in [0.1, 0.15) is 16.6 Å². The second-order valence-electron chi connectivity index (χ2n) is 35.6. The van der Waals surface area contributed by atoms with Gasteiger partial charge in [0.05, 0.1) is 11.0 Å². The van der Waals surface area contributed by atoms with E-state index >= 15 is 0 Å². The van der Waals surface area contributed by atoms with Gasteiger partial charge in [-0.1, -0.05) is 328 Å². The van der Waals surface area contributed by atoms with E-state index in [4.69, 9.17) is 28.2 Å². The quantitative estimate of drug-likeness (QED) is 0.132. The van der Waals surface area contributed by atoms with Gasteiger partial charge in [-0.25, -0.2) is 15.0 Å². The van der Waals surface area contributed by atoms with Crippen molar-refractivity contribution in [1.29, 1.82) is 0 Å². The Morgan fingerprint density at radius 2 is 0.453 bits per heavy atom. The smallest absolute Gasteiger partial charge is 0.227 e. The number of benzene rings is 24. The van der Waals surface area contributed by atoms with Gasteiger partial charge in [-0.15, -0.1) is 0 Å². The summed E-state index contributed by atoms with van der Waals surface area (Å²) < 4.78 is 19.5. The van der Waals surface area contributed by atoms with Gasteiger partial charge in [-0.05, 0) is 307 Å². The predicted molar refractivity (Wildman–Crippen MR) is 572 cm³/mol. The number of hydrogen-bond acceptors (Lipinski definition) is 8. The van der Waals surface area contributed by atoms with Crippen LogP contribution in [0.4, 0.5) is 0 Å². The molecule has 0 N–H and O–H groups in total. The van der Waals surface area contributed by atoms with Crippen LogP contribution in [0.5, 0.6) is 0 Å². The van der Waals surface area contributed by atoms with Crippen LogP contribution in [0, 0.1) is 0 Å². The van der Waals surface area contributed by atoms with Gasteiger partial charge in [-0.3, -0.25) is 9.97 Å². The topological polar surface area (TPSA) is 104 Å². The van der Waals surface area contributed by atoms with Crippen molar-refractivity contribution in [2.45, 2.75) is 0 Å². The second-order valence-corrected chi connectivity index (χ2v) is 35.6. The van der Waals surface area contributed by atoms with E-state index in [1.807, 2.05) is 85.2 Å². The highest BCUT2D eigenvalue weighted by molar-refractivity contribution is 6.24. The first-order valence-corrected chi connectivity index (χ1v) is 46.4. The highest BCUT2D eigenvalue weighted by Crippen LogP contribution is 2.46. The predicted octanol–water partition coefficient (Wildman–Crippen LogP) is 35.4. The van der Waals surface area contributed by atoms with Gasteiger partial charge in [0.2, 0.25) is 17.7 Å². The van der Waals surface area contributed by atoms with E-state index in [2.05, 4.69) is 392 Å². The Morgan fingerprint density at radius 1 is 0.139 bits per heavy atom. The van der Waals surface area contributed by atoms with E-state index in [9.17, 15) is 0 Å². The summed E-state index contributed by atoms with van der Waals surface area (Å²) in [5, 5.41) is 31.0. The Morgan fingerprint density at radius 3 is 1.01 bits per heavy atom. The summed E-state index contributed by atoms with van der Waals surface area (Å²) in [7, 11) is 0. The largest absolute Gasteiger partial charge is 0.435 e. The lowest BCUT2D eigenvalue weighted by atomic mass is 9.89. The van der Waals surface area contributed by atoms with Gasteiger partial charge >= 0.3 is 0 Å². The van der Waals surface area contributed by atoms with E-state index in [1.54, 1.807) is 0 Å². The van der Waals surface area contributed by atoms with E-state index in [1.165, 1.54) is 148 Å². The molecule has 0 saturated carbocycles. The minimum absolute atomic E-state index is 0.616. The number of rotatable bonds is 9. The minimum Gasteiger partial charge on any atom is -0.435 e. The van der Waals surface area contributed by atoms with Crippen molar-refractivity contribution in [1.82, 2.24) is 24.9 Å². The Kier molecular flexibility index (Phi) is 18.5. The van der Waals surface area contributed by atoms with Crippen LogP contribution in [-0.4, -0.2) is 24.9 Å². The molecule has 8 heteroatoms. The summed E-state index contributed by atoms with van der Waals surface area (Å²) in [6, 6.07) is 162. The average molecular weight is 1750 g/mol. The molecule has 0 unspecified atom stereocenters. The molecule has 0 saturated heterocycles. The van der Waals surface area contributed by atoms with E-state index in [0.717, 1.165) is 120 Å². The molecule has 8 nitrogen and oxygen atoms in total. The highest BCUT2D eigenvalue weighted by Gasteiger charge is 2.22. The highest BCUT2D eigenvalue weighted by atomic mass is 16.4. The number of hydrogen-bond donors (Lipinski definition) is 0. The molecular formula is C129H77N5O3. The summed E-state index contributed by atoms with van der Waals surface area (Å²) in [4.78, 5) is 23.6. The maximum atomic E-state index is 6.54. The van der Waals surface area contributed by atoms with Crippen LogP contribution >= 0.6 is 0 Å². The van der Waals surface area contributed by atoms with Gasteiger partial charge in [-0.2, -0.15) is 0 Å². The van der Waals surface area contributed by atoms with Crippen LogP contribution in [-0.2, 0) is 0 Å². The molecule has 29 aromatic rings. The summed E-state index contributed by atoms with van der Waals surface area (Å²) in [6.45, 7) is 0. The molecule has 5 aromatic heterocycles. The number of oxazole rings is 3. The SMILES string of the molecule is c1cc(-c2ccc3c(ccc4ccc5nc(-c6ccc7ncccc7c6)oc5c43)c2)cc(-c2cc3ccccc3c3ccccc23)c1.c1cc(-c2ccc3c(ccc4ccc5nc(-c6ccc7ncccc7c6)oc5c43)c2)cc(-c2cccc3ccccc23)c1.c1ccc(-c2nc3ccc4ccc5ccc(-c6cccc(-c7cc8c9ccccc9ccc8c8ccccc78)c6)cc5c4c3o2)cc1. The molecule has 0 bridgehead atoms. The Labute approximate surface area is 785 Å². The van der Waals surface area contributed by atoms with Crippen molar-refractivity contribution in [2.24, 2.45) is 0 Å². The number of pyridine rings is 2. The zero-order valence-electron chi connectivity index (χ0n) is 73.9. The maximum absolute atomic E-state index is 6.54. The molecule has 636 valence electrons. The van der Waals surface area contributed by atoms with Crippen molar-refractivity contribution in [3.8, 4) is 101 Å². The molecule has 0 radical (unpaired) electrons. The first kappa shape index (κ1) is 78.5. The van der Waals surface area contributed by atoms with Crippen LogP contribution in [0.15, 0.2) is 481 Å². The molecule has 5 heterocycles. The third-order valence-corrected chi connectivity index (χ3v) is 27.6. The molecule has 0 aliphatic heterocycles. The Bertz CT molecular complexity index is 10000. The van der Waals surface area contributed by atoms with Crippen LogP contribution in [0.25, 0.3) is 285 Å². The molecular weight excluding hydrogens is 1670 g/mol. The standard InChI is InChI=1S/C45H27NO.C44H26N2O.C40H24N2O/c1-2-10-31(11-3-1)45-46-42-24-22-30-19-17-29-18-20-33(26-40(29)43(30)44(42)47-45)32-12-8-13-34(25-32)39-27-41-35-14-5-4-9-28(35)21-23-38(41)36-15-6-7-16-37(36)39;1-2-11-35-31(7-1)26-39(38-13-4-3-12-37(35)38)30-9-5-8-28(23-30)29-16-19-36-32(24-29)15-14-27-17-21-41-43(42(27)36)47-44(46-41)34-18-20-40-33(25-34)10-6-22-45-40;1-2-11-33-25(6-1)7-4-12-34(33)29-9-3-8-27(22-29)28-15-18-35-30(23-28)14-13-26-16-20-37-39(38(26)35)43-40(42-37)32-17-19-36-31(24-32)10-5-21-41-36/h1-27H;1-26H;1-24H. The Balaban J connectivity index is 0.000000104. The molecule has 24 aromatic carbocycles. The normalized spacial score (nSPS) is 11.8. The molecule has 29 rings (SSSR count). The number of aromatic nitrogens is 5. The van der Waals surface area contributed by atoms with E-state index in [0.29, 0.717) is 17.7 Å². The lowest BCUT2D eigenvalue weighted by molar-refractivity contribution is 0.623. The zero-order chi connectivity index (χ0) is 90.1. The van der Waals surface area contributed by atoms with Gasteiger partial charge < -0.3 is 13.3 Å². The molecule has 0 aliphatic carbocycles. The Hall–Kier alpha value is -18.4. The van der Waals surface area contributed by atoms with Gasteiger partial charge in [0.15, 0.2) is 16.7 Å². The van der Waals surface area contributed by atoms with Gasteiger partial charge in [0.25, 0.3) is 0 Å². The van der Waals surface area contributed by atoms with E-state index < -0.39 is 0 Å². The molecule has 0 spiro atoms. The van der Waals surface area contributed by atoms with Crippen LogP contribution in [0.2, 0.25) is 0 Å². The molecule has 137 heavy (non-hydrogen) atoms. The maximum Gasteiger partial charge on any atom is 0.227 e. The van der Waals surface area contributed by atoms with Gasteiger partial charge in [0, 0.05) is 56.0 Å². The fraction of sp³-hybridized carbons (Fsp3) is 0. The van der Waals surface area contributed by atoms with Crippen LogP contribution in [0.1, 0.15) is 0 Å². The zero-order valence-corrected chi connectivity index (χ0v) is 73.9. The molecule has 0 atom stereocenters. The summed E-state index contributed by atoms with van der Waals surface area (Å²) in [5.41, 5.74) is 24.3. The summed E-state index contributed by atoms with van der Waals surface area (Å²) in [5.74, 6) is 1.88. The third-order valence-electron chi connectivity index (χ3n) is 27.6. The summed E-state index contributed by atoms with van der Waals surface area (Å²) >= 11 is 0. The minimum atomic E-state index is 0.616. The molecule has 0 fully saturated rings. The lowest BCUT2D eigenvalue weighted by Gasteiger charge is -2.14. The number of fused-ring (bicyclic) bond motifs is 26. The lowest BCUT2D eigenvalue weighted by Crippen LogP contribution is -1.87. The van der Waals surface area contributed by atoms with Crippen LogP contribution < -0.4 is 0 Å². The first-order chi connectivity index (χ1) is 67.8. The number of nitrogens with zero attached hydrogens (tertiary/aromatic N) is 5. The summed E-state index contributed by atoms with van der Waals surface area (Å²) in [6.07, 6.45) is 3.62. The average Bonchev–Trinajstić information content (AvgIpc) is 1.73.